The first-order valence-corrected chi connectivity index (χ1v) is 5.55. The molecule has 0 saturated carbocycles. The van der Waals surface area contributed by atoms with Crippen LogP contribution in [0.25, 0.3) is 0 Å². The molecular weight excluding hydrogens is 208 g/mol. The molecule has 1 aromatic rings. The fraction of sp³-hybridized carbons (Fsp3) is 0.800. The number of hydrogen-bond donors (Lipinski definition) is 1. The number of hydrogen-bond acceptors (Lipinski definition) is 6. The average molecular weight is 226 g/mol. The van der Waals surface area contributed by atoms with E-state index in [0.29, 0.717) is 11.8 Å². The molecule has 0 unspecified atom stereocenters. The Kier molecular flexibility index (Phi) is 3.40. The SMILES string of the molecule is CCN(C)c1noc([C@H]2C[C@H](OC)CN2)n1. The van der Waals surface area contributed by atoms with Gasteiger partial charge in [-0.15, -0.1) is 0 Å². The Balaban J connectivity index is 2.02. The topological polar surface area (TPSA) is 63.4 Å². The molecule has 1 aliphatic heterocycles. The van der Waals surface area contributed by atoms with Gasteiger partial charge in [0, 0.05) is 27.2 Å². The first-order chi connectivity index (χ1) is 7.74. The Bertz CT molecular complexity index is 341. The zero-order valence-corrected chi connectivity index (χ0v) is 9.93. The Morgan fingerprint density at radius 3 is 3.06 bits per heavy atom. The minimum atomic E-state index is 0.122. The molecule has 1 aromatic heterocycles. The van der Waals surface area contributed by atoms with Crippen LogP contribution in [0.5, 0.6) is 0 Å². The second-order valence-electron chi connectivity index (χ2n) is 4.00. The maximum absolute atomic E-state index is 5.28. The van der Waals surface area contributed by atoms with Crippen LogP contribution in [0.2, 0.25) is 0 Å². The van der Waals surface area contributed by atoms with Gasteiger partial charge in [-0.3, -0.25) is 0 Å². The van der Waals surface area contributed by atoms with Crippen molar-refractivity contribution < 1.29 is 9.26 Å². The molecule has 6 heteroatoms. The van der Waals surface area contributed by atoms with E-state index in [0.717, 1.165) is 19.5 Å². The highest BCUT2D eigenvalue weighted by Gasteiger charge is 2.29. The summed E-state index contributed by atoms with van der Waals surface area (Å²) in [5, 5.41) is 7.25. The van der Waals surface area contributed by atoms with Crippen molar-refractivity contribution in [2.45, 2.75) is 25.5 Å². The van der Waals surface area contributed by atoms with Gasteiger partial charge >= 0.3 is 0 Å². The van der Waals surface area contributed by atoms with Crippen molar-refractivity contribution in [2.24, 2.45) is 0 Å². The molecule has 2 heterocycles. The van der Waals surface area contributed by atoms with Crippen LogP contribution in [0.15, 0.2) is 4.52 Å². The smallest absolute Gasteiger partial charge is 0.265 e. The Morgan fingerprint density at radius 2 is 2.44 bits per heavy atom. The van der Waals surface area contributed by atoms with E-state index in [4.69, 9.17) is 9.26 Å². The summed E-state index contributed by atoms with van der Waals surface area (Å²) in [4.78, 5) is 6.30. The van der Waals surface area contributed by atoms with Gasteiger partial charge in [-0.1, -0.05) is 0 Å². The van der Waals surface area contributed by atoms with Crippen molar-refractivity contribution in [3.05, 3.63) is 5.89 Å². The zero-order valence-electron chi connectivity index (χ0n) is 9.93. The lowest BCUT2D eigenvalue weighted by Gasteiger charge is -2.09. The molecule has 2 rings (SSSR count). The van der Waals surface area contributed by atoms with Crippen LogP contribution in [0.3, 0.4) is 0 Å². The molecule has 0 bridgehead atoms. The maximum atomic E-state index is 5.28. The number of methoxy groups -OCH3 is 1. The second kappa shape index (κ2) is 4.80. The molecule has 0 spiro atoms. The normalized spacial score (nSPS) is 24.9. The van der Waals surface area contributed by atoms with Crippen LogP contribution in [-0.2, 0) is 4.74 Å². The molecule has 1 N–H and O–H groups in total. The average Bonchev–Trinajstić information content (AvgIpc) is 2.95. The molecule has 0 radical (unpaired) electrons. The summed E-state index contributed by atoms with van der Waals surface area (Å²) in [6.07, 6.45) is 1.12. The van der Waals surface area contributed by atoms with Crippen LogP contribution in [0, 0.1) is 0 Å². The molecule has 0 amide bonds. The fourth-order valence-electron chi connectivity index (χ4n) is 1.74. The lowest BCUT2D eigenvalue weighted by Crippen LogP contribution is -2.18. The van der Waals surface area contributed by atoms with Gasteiger partial charge in [-0.2, -0.15) is 4.98 Å². The minimum Gasteiger partial charge on any atom is -0.380 e. The van der Waals surface area contributed by atoms with Crippen molar-refractivity contribution in [3.63, 3.8) is 0 Å². The van der Waals surface area contributed by atoms with Gasteiger partial charge in [0.15, 0.2) is 0 Å². The summed E-state index contributed by atoms with van der Waals surface area (Å²) in [6.45, 7) is 3.74. The molecule has 1 saturated heterocycles. The van der Waals surface area contributed by atoms with Gasteiger partial charge < -0.3 is 19.5 Å². The Labute approximate surface area is 95.0 Å². The Hall–Kier alpha value is -1.14. The predicted molar refractivity (Wildman–Crippen MR) is 59.4 cm³/mol. The molecule has 2 atom stereocenters. The van der Waals surface area contributed by atoms with E-state index in [1.165, 1.54) is 0 Å². The van der Waals surface area contributed by atoms with Crippen molar-refractivity contribution in [2.75, 3.05) is 32.1 Å². The van der Waals surface area contributed by atoms with Gasteiger partial charge in [0.2, 0.25) is 5.89 Å². The summed E-state index contributed by atoms with van der Waals surface area (Å²) >= 11 is 0. The van der Waals surface area contributed by atoms with E-state index < -0.39 is 0 Å². The number of rotatable bonds is 4. The second-order valence-corrected chi connectivity index (χ2v) is 4.00. The van der Waals surface area contributed by atoms with E-state index in [-0.39, 0.29) is 12.1 Å². The predicted octanol–water partition coefficient (Wildman–Crippen LogP) is 0.575. The number of nitrogens with zero attached hydrogens (tertiary/aromatic N) is 3. The Morgan fingerprint density at radius 1 is 1.62 bits per heavy atom. The van der Waals surface area contributed by atoms with Gasteiger partial charge in [0.1, 0.15) is 0 Å². The monoisotopic (exact) mass is 226 g/mol. The van der Waals surface area contributed by atoms with Crippen LogP contribution in [0.4, 0.5) is 5.95 Å². The highest BCUT2D eigenvalue weighted by molar-refractivity contribution is 5.25. The summed E-state index contributed by atoms with van der Waals surface area (Å²) in [5.41, 5.74) is 0. The number of ether oxygens (including phenoxy) is 1. The summed E-state index contributed by atoms with van der Waals surface area (Å²) in [5.74, 6) is 1.29. The van der Waals surface area contributed by atoms with Crippen LogP contribution in [0.1, 0.15) is 25.3 Å². The van der Waals surface area contributed by atoms with Gasteiger partial charge in [-0.25, -0.2) is 0 Å². The molecular formula is C10H18N4O2. The molecule has 0 aromatic carbocycles. The molecule has 1 aliphatic rings. The minimum absolute atomic E-state index is 0.122. The highest BCUT2D eigenvalue weighted by Crippen LogP contribution is 2.24. The van der Waals surface area contributed by atoms with E-state index in [1.807, 2.05) is 18.9 Å². The number of anilines is 1. The number of aromatic nitrogens is 2. The summed E-state index contributed by atoms with van der Waals surface area (Å²) in [6, 6.07) is 0.122. The third kappa shape index (κ3) is 2.17. The van der Waals surface area contributed by atoms with E-state index in [1.54, 1.807) is 7.11 Å². The standard InChI is InChI=1S/C10H18N4O2/c1-4-14(2)10-12-9(16-13-10)8-5-7(15-3)6-11-8/h7-8,11H,4-6H2,1-3H3/t7-,8+/m0/s1. The molecule has 6 nitrogen and oxygen atoms in total. The quantitative estimate of drug-likeness (QED) is 0.810. The van der Waals surface area contributed by atoms with Crippen LogP contribution in [-0.4, -0.2) is 43.5 Å². The molecule has 1 fully saturated rings. The first-order valence-electron chi connectivity index (χ1n) is 5.55. The fourth-order valence-corrected chi connectivity index (χ4v) is 1.74. The van der Waals surface area contributed by atoms with Crippen molar-refractivity contribution in [1.29, 1.82) is 0 Å². The van der Waals surface area contributed by atoms with Gasteiger partial charge in [0.25, 0.3) is 5.95 Å². The van der Waals surface area contributed by atoms with E-state index in [9.17, 15) is 0 Å². The first kappa shape index (κ1) is 11.3. The highest BCUT2D eigenvalue weighted by atomic mass is 16.5. The largest absolute Gasteiger partial charge is 0.380 e. The summed E-state index contributed by atoms with van der Waals surface area (Å²) < 4.78 is 10.5. The maximum Gasteiger partial charge on any atom is 0.265 e. The van der Waals surface area contributed by atoms with Crippen molar-refractivity contribution >= 4 is 5.95 Å². The van der Waals surface area contributed by atoms with E-state index in [2.05, 4.69) is 15.5 Å². The lowest BCUT2D eigenvalue weighted by molar-refractivity contribution is 0.116. The lowest BCUT2D eigenvalue weighted by atomic mass is 10.2. The van der Waals surface area contributed by atoms with E-state index >= 15 is 0 Å². The summed E-state index contributed by atoms with van der Waals surface area (Å²) in [7, 11) is 3.66. The van der Waals surface area contributed by atoms with Gasteiger partial charge in [0.05, 0.1) is 12.1 Å². The molecule has 0 aliphatic carbocycles. The third-order valence-electron chi connectivity index (χ3n) is 2.97. The third-order valence-corrected chi connectivity index (χ3v) is 2.97. The van der Waals surface area contributed by atoms with Crippen LogP contribution < -0.4 is 10.2 Å². The van der Waals surface area contributed by atoms with Crippen molar-refractivity contribution in [1.82, 2.24) is 15.5 Å². The number of nitrogens with one attached hydrogen (secondary N) is 1. The van der Waals surface area contributed by atoms with Gasteiger partial charge in [-0.05, 0) is 18.5 Å². The van der Waals surface area contributed by atoms with Crippen molar-refractivity contribution in [3.8, 4) is 0 Å². The van der Waals surface area contributed by atoms with Crippen LogP contribution >= 0.6 is 0 Å². The molecule has 90 valence electrons. The molecule has 16 heavy (non-hydrogen) atoms. The zero-order chi connectivity index (χ0) is 11.5.